The Kier molecular flexibility index (Phi) is 4.17. The van der Waals surface area contributed by atoms with Crippen molar-refractivity contribution in [1.82, 2.24) is 0 Å². The monoisotopic (exact) mass is 298 g/mol. The number of nitro groups is 1. The first kappa shape index (κ1) is 13.1. The van der Waals surface area contributed by atoms with E-state index >= 15 is 0 Å². The van der Waals surface area contributed by atoms with Crippen molar-refractivity contribution in [3.8, 4) is 6.07 Å². The molecule has 0 bridgehead atoms. The zero-order valence-electron chi connectivity index (χ0n) is 8.71. The van der Waals surface area contributed by atoms with Crippen molar-refractivity contribution in [1.29, 1.82) is 5.26 Å². The summed E-state index contributed by atoms with van der Waals surface area (Å²) < 4.78 is 4.98. The van der Waals surface area contributed by atoms with Crippen LogP contribution in [0.15, 0.2) is 22.7 Å². The molecule has 1 unspecified atom stereocenters. The molecule has 6 nitrogen and oxygen atoms in total. The number of hydrogen-bond donors (Lipinski definition) is 0. The number of nitro benzene ring substituents is 1. The Balaban J connectivity index is 3.37. The molecule has 7 heteroatoms. The topological polar surface area (TPSA) is 93.2 Å². The van der Waals surface area contributed by atoms with Crippen molar-refractivity contribution in [2.24, 2.45) is 0 Å². The van der Waals surface area contributed by atoms with Crippen LogP contribution in [-0.4, -0.2) is 18.0 Å². The van der Waals surface area contributed by atoms with E-state index in [-0.39, 0.29) is 11.3 Å². The van der Waals surface area contributed by atoms with Gasteiger partial charge in [-0.05, 0) is 12.1 Å². The van der Waals surface area contributed by atoms with Crippen molar-refractivity contribution in [2.45, 2.75) is 5.92 Å². The minimum atomic E-state index is -1.31. The van der Waals surface area contributed by atoms with E-state index < -0.39 is 16.8 Å². The molecule has 1 aromatic rings. The lowest BCUT2D eigenvalue weighted by Crippen LogP contribution is -2.14. The number of rotatable bonds is 3. The van der Waals surface area contributed by atoms with Gasteiger partial charge in [-0.15, -0.1) is 0 Å². The minimum absolute atomic E-state index is 0.0127. The molecule has 0 fully saturated rings. The summed E-state index contributed by atoms with van der Waals surface area (Å²) in [6.07, 6.45) is 0. The van der Waals surface area contributed by atoms with Gasteiger partial charge in [-0.1, -0.05) is 15.9 Å². The van der Waals surface area contributed by atoms with Crippen LogP contribution in [-0.2, 0) is 9.53 Å². The lowest BCUT2D eigenvalue weighted by molar-refractivity contribution is -0.385. The number of nitriles is 1. The van der Waals surface area contributed by atoms with Gasteiger partial charge in [-0.25, -0.2) is 0 Å². The highest BCUT2D eigenvalue weighted by Gasteiger charge is 2.28. The Bertz CT molecular complexity index is 510. The molecule has 88 valence electrons. The van der Waals surface area contributed by atoms with Crippen LogP contribution < -0.4 is 0 Å². The van der Waals surface area contributed by atoms with E-state index in [1.165, 1.54) is 18.2 Å². The number of ether oxygens (including phenoxy) is 1. The average molecular weight is 299 g/mol. The number of esters is 1. The number of carbonyl (C=O) groups excluding carboxylic acids is 1. The second-order valence-corrected chi connectivity index (χ2v) is 3.96. The van der Waals surface area contributed by atoms with Crippen molar-refractivity contribution in [2.75, 3.05) is 7.11 Å². The largest absolute Gasteiger partial charge is 0.468 e. The summed E-state index contributed by atoms with van der Waals surface area (Å²) in [5.74, 6) is -2.13. The van der Waals surface area contributed by atoms with Gasteiger partial charge in [-0.3, -0.25) is 14.9 Å². The first-order valence-corrected chi connectivity index (χ1v) is 5.21. The molecule has 0 amide bonds. The van der Waals surface area contributed by atoms with Gasteiger partial charge >= 0.3 is 5.97 Å². The van der Waals surface area contributed by atoms with Gasteiger partial charge in [0, 0.05) is 10.5 Å². The lowest BCUT2D eigenvalue weighted by atomic mass is 9.99. The van der Waals surface area contributed by atoms with Gasteiger partial charge in [0.1, 0.15) is 0 Å². The first-order chi connectivity index (χ1) is 8.01. The van der Waals surface area contributed by atoms with Crippen LogP contribution in [0.4, 0.5) is 5.69 Å². The third-order valence-corrected chi connectivity index (χ3v) is 2.56. The Morgan fingerprint density at radius 3 is 2.76 bits per heavy atom. The number of methoxy groups -OCH3 is 1. The zero-order chi connectivity index (χ0) is 13.0. The predicted octanol–water partition coefficient (Wildman–Crippen LogP) is 2.14. The fourth-order valence-corrected chi connectivity index (χ4v) is 1.67. The maximum atomic E-state index is 11.3. The van der Waals surface area contributed by atoms with Crippen LogP contribution in [0.2, 0.25) is 0 Å². The molecule has 0 spiro atoms. The lowest BCUT2D eigenvalue weighted by Gasteiger charge is -2.08. The van der Waals surface area contributed by atoms with E-state index in [0.717, 1.165) is 7.11 Å². The molecule has 1 rings (SSSR count). The molecule has 1 aromatic carbocycles. The Morgan fingerprint density at radius 1 is 1.65 bits per heavy atom. The molecule has 0 aliphatic carbocycles. The standard InChI is InChI=1S/C10H7BrN2O4/c1-17-10(14)8(5-12)7-4-6(11)2-3-9(7)13(15)16/h2-4,8H,1H3. The molecule has 0 N–H and O–H groups in total. The minimum Gasteiger partial charge on any atom is -0.468 e. The molecular weight excluding hydrogens is 292 g/mol. The molecule has 0 aliphatic rings. The quantitative estimate of drug-likeness (QED) is 0.484. The summed E-state index contributed by atoms with van der Waals surface area (Å²) in [4.78, 5) is 21.5. The maximum absolute atomic E-state index is 11.3. The summed E-state index contributed by atoms with van der Waals surface area (Å²) in [5, 5.41) is 19.7. The van der Waals surface area contributed by atoms with Gasteiger partial charge < -0.3 is 4.74 Å². The number of nitrogens with zero attached hydrogens (tertiary/aromatic N) is 2. The first-order valence-electron chi connectivity index (χ1n) is 4.42. The van der Waals surface area contributed by atoms with Crippen molar-refractivity contribution in [3.05, 3.63) is 38.3 Å². The van der Waals surface area contributed by atoms with Crippen molar-refractivity contribution in [3.63, 3.8) is 0 Å². The number of benzene rings is 1. The predicted molar refractivity (Wildman–Crippen MR) is 61.2 cm³/mol. The van der Waals surface area contributed by atoms with Gasteiger partial charge in [0.05, 0.1) is 23.7 Å². The molecule has 0 heterocycles. The number of hydrogen-bond acceptors (Lipinski definition) is 5. The smallest absolute Gasteiger partial charge is 0.327 e. The van der Waals surface area contributed by atoms with Crippen molar-refractivity contribution >= 4 is 27.6 Å². The molecule has 0 saturated heterocycles. The molecule has 0 aromatic heterocycles. The van der Waals surface area contributed by atoms with E-state index in [0.29, 0.717) is 4.47 Å². The Labute approximate surface area is 105 Å². The highest BCUT2D eigenvalue weighted by atomic mass is 79.9. The third kappa shape index (κ3) is 2.79. The highest BCUT2D eigenvalue weighted by molar-refractivity contribution is 9.10. The van der Waals surface area contributed by atoms with Gasteiger partial charge in [0.2, 0.25) is 0 Å². The SMILES string of the molecule is COC(=O)C(C#N)c1cc(Br)ccc1[N+](=O)[O-]. The average Bonchev–Trinajstić information content (AvgIpc) is 2.29. The second kappa shape index (κ2) is 5.41. The molecule has 1 atom stereocenters. The molecule has 0 saturated carbocycles. The van der Waals surface area contributed by atoms with Gasteiger partial charge in [0.15, 0.2) is 5.92 Å². The summed E-state index contributed by atoms with van der Waals surface area (Å²) in [6, 6.07) is 5.75. The summed E-state index contributed by atoms with van der Waals surface area (Å²) in [7, 11) is 1.12. The van der Waals surface area contributed by atoms with Gasteiger partial charge in [0.25, 0.3) is 5.69 Å². The third-order valence-electron chi connectivity index (χ3n) is 2.06. The van der Waals surface area contributed by atoms with Gasteiger partial charge in [-0.2, -0.15) is 5.26 Å². The van der Waals surface area contributed by atoms with Crippen LogP contribution >= 0.6 is 15.9 Å². The molecule has 0 aliphatic heterocycles. The number of halogens is 1. The molecular formula is C10H7BrN2O4. The second-order valence-electron chi connectivity index (χ2n) is 3.05. The van der Waals surface area contributed by atoms with E-state index in [1.807, 2.05) is 0 Å². The molecule has 17 heavy (non-hydrogen) atoms. The van der Waals surface area contributed by atoms with E-state index in [9.17, 15) is 14.9 Å². The summed E-state index contributed by atoms with van der Waals surface area (Å²) in [6.45, 7) is 0. The maximum Gasteiger partial charge on any atom is 0.327 e. The van der Waals surface area contributed by atoms with E-state index in [4.69, 9.17) is 5.26 Å². The van der Waals surface area contributed by atoms with Crippen LogP contribution in [0.1, 0.15) is 11.5 Å². The summed E-state index contributed by atoms with van der Waals surface area (Å²) >= 11 is 3.13. The van der Waals surface area contributed by atoms with E-state index in [1.54, 1.807) is 6.07 Å². The van der Waals surface area contributed by atoms with Crippen LogP contribution in [0, 0.1) is 21.4 Å². The normalized spacial score (nSPS) is 11.4. The molecule has 0 radical (unpaired) electrons. The highest BCUT2D eigenvalue weighted by Crippen LogP contribution is 2.30. The van der Waals surface area contributed by atoms with E-state index in [2.05, 4.69) is 20.7 Å². The fourth-order valence-electron chi connectivity index (χ4n) is 1.29. The van der Waals surface area contributed by atoms with Crippen molar-refractivity contribution < 1.29 is 14.5 Å². The van der Waals surface area contributed by atoms with Crippen LogP contribution in [0.25, 0.3) is 0 Å². The zero-order valence-corrected chi connectivity index (χ0v) is 10.3. The number of carbonyl (C=O) groups is 1. The fraction of sp³-hybridized carbons (Fsp3) is 0.200. The summed E-state index contributed by atoms with van der Waals surface area (Å²) in [5.41, 5.74) is -0.274. The Morgan fingerprint density at radius 2 is 2.29 bits per heavy atom. The van der Waals surface area contributed by atoms with Crippen LogP contribution in [0.3, 0.4) is 0 Å². The van der Waals surface area contributed by atoms with Crippen LogP contribution in [0.5, 0.6) is 0 Å². The Hall–Kier alpha value is -1.94.